The fourth-order valence-electron chi connectivity index (χ4n) is 3.14. The second-order valence-electron chi connectivity index (χ2n) is 7.08. The SMILES string of the molecule is CC(C)OCc1ccc(C(=O)N2CCN(C3CC(=O)N(C)C(=O)N3)CC2)o1. The zero-order valence-electron chi connectivity index (χ0n) is 15.9. The molecule has 148 valence electrons. The van der Waals surface area contributed by atoms with Gasteiger partial charge < -0.3 is 19.4 Å². The van der Waals surface area contributed by atoms with Gasteiger partial charge in [-0.25, -0.2) is 4.79 Å². The Labute approximate surface area is 158 Å². The maximum Gasteiger partial charge on any atom is 0.325 e. The van der Waals surface area contributed by atoms with Crippen LogP contribution in [-0.2, 0) is 16.1 Å². The van der Waals surface area contributed by atoms with Crippen molar-refractivity contribution in [1.29, 1.82) is 0 Å². The predicted octanol–water partition coefficient (Wildman–Crippen LogP) is 0.860. The van der Waals surface area contributed by atoms with Crippen molar-refractivity contribution < 1.29 is 23.5 Å². The van der Waals surface area contributed by atoms with E-state index < -0.39 is 0 Å². The van der Waals surface area contributed by atoms with Crippen LogP contribution in [0.3, 0.4) is 0 Å². The van der Waals surface area contributed by atoms with Gasteiger partial charge in [0.15, 0.2) is 5.76 Å². The van der Waals surface area contributed by atoms with Crippen molar-refractivity contribution in [3.8, 4) is 0 Å². The van der Waals surface area contributed by atoms with Gasteiger partial charge in [0.25, 0.3) is 5.91 Å². The fraction of sp³-hybridized carbons (Fsp3) is 0.611. The number of nitrogens with one attached hydrogen (secondary N) is 1. The number of amides is 4. The van der Waals surface area contributed by atoms with Crippen LogP contribution in [0.15, 0.2) is 16.5 Å². The molecule has 9 heteroatoms. The molecule has 3 rings (SSSR count). The van der Waals surface area contributed by atoms with Crippen LogP contribution in [-0.4, -0.2) is 78.0 Å². The molecule has 1 aromatic rings. The van der Waals surface area contributed by atoms with Crippen LogP contribution in [0, 0.1) is 0 Å². The number of urea groups is 1. The topological polar surface area (TPSA) is 95.3 Å². The normalized spacial score (nSPS) is 21.7. The average Bonchev–Trinajstić information content (AvgIpc) is 3.12. The first-order valence-electron chi connectivity index (χ1n) is 9.16. The van der Waals surface area contributed by atoms with Crippen LogP contribution in [0.5, 0.6) is 0 Å². The third kappa shape index (κ3) is 4.48. The molecule has 1 unspecified atom stereocenters. The molecule has 0 bridgehead atoms. The number of piperazine rings is 1. The summed E-state index contributed by atoms with van der Waals surface area (Å²) < 4.78 is 11.1. The molecule has 2 saturated heterocycles. The van der Waals surface area contributed by atoms with Crippen LogP contribution < -0.4 is 5.32 Å². The Hall–Kier alpha value is -2.39. The molecule has 1 atom stereocenters. The highest BCUT2D eigenvalue weighted by Crippen LogP contribution is 2.16. The Kier molecular flexibility index (Phi) is 5.81. The minimum absolute atomic E-state index is 0.0919. The van der Waals surface area contributed by atoms with E-state index in [1.165, 1.54) is 7.05 Å². The molecule has 0 spiro atoms. The minimum Gasteiger partial charge on any atom is -0.453 e. The molecule has 2 aliphatic rings. The number of rotatable bonds is 5. The zero-order valence-corrected chi connectivity index (χ0v) is 15.9. The molecule has 1 aromatic heterocycles. The summed E-state index contributed by atoms with van der Waals surface area (Å²) >= 11 is 0. The fourth-order valence-corrected chi connectivity index (χ4v) is 3.14. The van der Waals surface area contributed by atoms with E-state index in [2.05, 4.69) is 5.32 Å². The van der Waals surface area contributed by atoms with Crippen LogP contribution in [0.4, 0.5) is 4.79 Å². The summed E-state index contributed by atoms with van der Waals surface area (Å²) in [5.41, 5.74) is 0. The van der Waals surface area contributed by atoms with Crippen LogP contribution in [0.2, 0.25) is 0 Å². The maximum absolute atomic E-state index is 12.6. The molecule has 0 aliphatic carbocycles. The van der Waals surface area contributed by atoms with Crippen molar-refractivity contribution in [2.24, 2.45) is 0 Å². The van der Waals surface area contributed by atoms with Crippen LogP contribution >= 0.6 is 0 Å². The highest BCUT2D eigenvalue weighted by molar-refractivity contribution is 5.96. The lowest BCUT2D eigenvalue weighted by molar-refractivity contribution is -0.130. The Morgan fingerprint density at radius 2 is 1.96 bits per heavy atom. The van der Waals surface area contributed by atoms with Gasteiger partial charge >= 0.3 is 6.03 Å². The van der Waals surface area contributed by atoms with Crippen molar-refractivity contribution in [3.63, 3.8) is 0 Å². The van der Waals surface area contributed by atoms with Gasteiger partial charge in [-0.05, 0) is 26.0 Å². The number of carbonyl (C=O) groups is 3. The van der Waals surface area contributed by atoms with Gasteiger partial charge in [-0.3, -0.25) is 19.4 Å². The van der Waals surface area contributed by atoms with E-state index in [0.29, 0.717) is 44.3 Å². The van der Waals surface area contributed by atoms with E-state index in [4.69, 9.17) is 9.15 Å². The lowest BCUT2D eigenvalue weighted by Gasteiger charge is -2.41. The van der Waals surface area contributed by atoms with Crippen molar-refractivity contribution in [1.82, 2.24) is 20.0 Å². The van der Waals surface area contributed by atoms with Crippen molar-refractivity contribution in [2.75, 3.05) is 33.2 Å². The molecular formula is C18H26N4O5. The van der Waals surface area contributed by atoms with Gasteiger partial charge in [0, 0.05) is 33.2 Å². The number of hydrogen-bond donors (Lipinski definition) is 1. The van der Waals surface area contributed by atoms with Gasteiger partial charge in [0.1, 0.15) is 12.4 Å². The summed E-state index contributed by atoms with van der Waals surface area (Å²) in [4.78, 5) is 41.1. The van der Waals surface area contributed by atoms with E-state index in [1.807, 2.05) is 18.7 Å². The predicted molar refractivity (Wildman–Crippen MR) is 95.8 cm³/mol. The van der Waals surface area contributed by atoms with Crippen LogP contribution in [0.25, 0.3) is 0 Å². The number of ether oxygens (including phenoxy) is 1. The summed E-state index contributed by atoms with van der Waals surface area (Å²) in [6.07, 6.45) is 0.0178. The van der Waals surface area contributed by atoms with E-state index >= 15 is 0 Å². The third-order valence-corrected chi connectivity index (χ3v) is 4.81. The first-order valence-corrected chi connectivity index (χ1v) is 9.16. The first kappa shape index (κ1) is 19.4. The molecule has 2 fully saturated rings. The molecule has 3 heterocycles. The second-order valence-corrected chi connectivity index (χ2v) is 7.08. The monoisotopic (exact) mass is 378 g/mol. The lowest BCUT2D eigenvalue weighted by Crippen LogP contribution is -2.62. The number of imide groups is 1. The van der Waals surface area contributed by atoms with E-state index in [0.717, 1.165) is 4.90 Å². The number of carbonyl (C=O) groups excluding carboxylic acids is 3. The van der Waals surface area contributed by atoms with E-state index in [1.54, 1.807) is 17.0 Å². The minimum atomic E-state index is -0.388. The summed E-state index contributed by atoms with van der Waals surface area (Å²) in [6.45, 7) is 6.39. The van der Waals surface area contributed by atoms with Crippen molar-refractivity contribution >= 4 is 17.8 Å². The Morgan fingerprint density at radius 3 is 2.59 bits per heavy atom. The Bertz CT molecular complexity index is 690. The van der Waals surface area contributed by atoms with Crippen molar-refractivity contribution in [2.45, 2.75) is 39.1 Å². The summed E-state index contributed by atoms with van der Waals surface area (Å²) in [6, 6.07) is 3.04. The Balaban J connectivity index is 1.52. The molecule has 2 aliphatic heterocycles. The number of nitrogens with zero attached hydrogens (tertiary/aromatic N) is 3. The highest BCUT2D eigenvalue weighted by Gasteiger charge is 2.35. The van der Waals surface area contributed by atoms with E-state index in [9.17, 15) is 14.4 Å². The number of furan rings is 1. The summed E-state index contributed by atoms with van der Waals surface area (Å²) in [5, 5.41) is 2.82. The van der Waals surface area contributed by atoms with Gasteiger partial charge in [-0.1, -0.05) is 0 Å². The Morgan fingerprint density at radius 1 is 1.26 bits per heavy atom. The standard InChI is InChI=1S/C18H26N4O5/c1-12(2)26-11-13-4-5-14(27-13)17(24)22-8-6-21(7-9-22)15-10-16(23)20(3)18(25)19-15/h4-5,12,15H,6-11H2,1-3H3,(H,19,25). The maximum atomic E-state index is 12.6. The molecule has 4 amide bonds. The molecular weight excluding hydrogens is 352 g/mol. The summed E-state index contributed by atoms with van der Waals surface area (Å²) in [5.74, 6) is 0.565. The third-order valence-electron chi connectivity index (χ3n) is 4.81. The smallest absolute Gasteiger partial charge is 0.325 e. The lowest BCUT2D eigenvalue weighted by atomic mass is 10.2. The average molecular weight is 378 g/mol. The zero-order chi connectivity index (χ0) is 19.6. The number of hydrogen-bond acceptors (Lipinski definition) is 6. The van der Waals surface area contributed by atoms with Crippen molar-refractivity contribution in [3.05, 3.63) is 23.7 Å². The second kappa shape index (κ2) is 8.10. The van der Waals surface area contributed by atoms with Gasteiger partial charge in [-0.15, -0.1) is 0 Å². The molecule has 0 radical (unpaired) electrons. The molecule has 27 heavy (non-hydrogen) atoms. The molecule has 0 aromatic carbocycles. The van der Waals surface area contributed by atoms with E-state index in [-0.39, 0.29) is 36.5 Å². The summed E-state index contributed by atoms with van der Waals surface area (Å²) in [7, 11) is 1.47. The highest BCUT2D eigenvalue weighted by atomic mass is 16.5. The largest absolute Gasteiger partial charge is 0.453 e. The molecule has 1 N–H and O–H groups in total. The van der Waals surface area contributed by atoms with Gasteiger partial charge in [-0.2, -0.15) is 0 Å². The quantitative estimate of drug-likeness (QED) is 0.817. The first-order chi connectivity index (χ1) is 12.8. The molecule has 9 nitrogen and oxygen atoms in total. The van der Waals surface area contributed by atoms with Crippen LogP contribution in [0.1, 0.15) is 36.6 Å². The van der Waals surface area contributed by atoms with Gasteiger partial charge in [0.05, 0.1) is 18.7 Å². The molecule has 0 saturated carbocycles. The van der Waals surface area contributed by atoms with Gasteiger partial charge in [0.2, 0.25) is 5.91 Å².